The normalized spacial score (nSPS) is 15.4. The summed E-state index contributed by atoms with van der Waals surface area (Å²) in [4.78, 5) is 25.6. The zero-order valence-electron chi connectivity index (χ0n) is 12.0. The first-order chi connectivity index (χ1) is 10.2. The molecule has 6 heteroatoms. The van der Waals surface area contributed by atoms with E-state index in [1.54, 1.807) is 17.0 Å². The van der Waals surface area contributed by atoms with Crippen molar-refractivity contribution in [3.63, 3.8) is 0 Å². The molecule has 0 aromatic heterocycles. The summed E-state index contributed by atoms with van der Waals surface area (Å²) in [5, 5.41) is 14.7. The topological polar surface area (TPSA) is 81.7 Å². The second kappa shape index (κ2) is 7.75. The van der Waals surface area contributed by atoms with Crippen LogP contribution in [0, 0.1) is 0 Å². The van der Waals surface area contributed by atoms with E-state index in [-0.39, 0.29) is 6.61 Å². The number of carbonyl (C=O) groups is 2. The average Bonchev–Trinajstić information content (AvgIpc) is 2.78. The molecule has 0 saturated carbocycles. The fourth-order valence-electron chi connectivity index (χ4n) is 2.26. The fraction of sp³-hybridized carbons (Fsp3) is 0.467. The lowest BCUT2D eigenvalue weighted by Gasteiger charge is -2.19. The standard InChI is InChI=1S/C15H21N3O3/c19-11-6-12-2-4-13(5-3-12)17-14(20)15(21)18-9-1-7-16-8-10-18/h2-5,16,19H,1,6-11H2,(H,17,20). The molecule has 114 valence electrons. The minimum atomic E-state index is -0.605. The van der Waals surface area contributed by atoms with Crippen molar-refractivity contribution in [3.05, 3.63) is 29.8 Å². The Bertz CT molecular complexity index is 479. The Labute approximate surface area is 124 Å². The van der Waals surface area contributed by atoms with Gasteiger partial charge in [0.2, 0.25) is 0 Å². The highest BCUT2D eigenvalue weighted by molar-refractivity contribution is 6.39. The number of aliphatic hydroxyl groups excluding tert-OH is 1. The van der Waals surface area contributed by atoms with Gasteiger partial charge < -0.3 is 20.6 Å². The minimum Gasteiger partial charge on any atom is -0.396 e. The van der Waals surface area contributed by atoms with Crippen molar-refractivity contribution < 1.29 is 14.7 Å². The van der Waals surface area contributed by atoms with Gasteiger partial charge in [-0.25, -0.2) is 0 Å². The van der Waals surface area contributed by atoms with Crippen molar-refractivity contribution >= 4 is 17.5 Å². The summed E-state index contributed by atoms with van der Waals surface area (Å²) in [6, 6.07) is 7.12. The van der Waals surface area contributed by atoms with Gasteiger partial charge >= 0.3 is 11.8 Å². The molecule has 0 aliphatic carbocycles. The molecule has 1 aliphatic rings. The van der Waals surface area contributed by atoms with Gasteiger partial charge in [-0.2, -0.15) is 0 Å². The van der Waals surface area contributed by atoms with E-state index < -0.39 is 11.8 Å². The summed E-state index contributed by atoms with van der Waals surface area (Å²) >= 11 is 0. The number of aliphatic hydroxyl groups is 1. The molecule has 0 unspecified atom stereocenters. The van der Waals surface area contributed by atoms with Crippen LogP contribution in [0.25, 0.3) is 0 Å². The van der Waals surface area contributed by atoms with Crippen molar-refractivity contribution in [2.45, 2.75) is 12.8 Å². The molecule has 1 aromatic rings. The van der Waals surface area contributed by atoms with Gasteiger partial charge in [0, 0.05) is 31.9 Å². The molecule has 2 rings (SSSR count). The Hall–Kier alpha value is -1.92. The van der Waals surface area contributed by atoms with E-state index in [1.165, 1.54) is 0 Å². The summed E-state index contributed by atoms with van der Waals surface area (Å²) in [6.45, 7) is 2.84. The second-order valence-electron chi connectivity index (χ2n) is 5.02. The number of hydrogen-bond donors (Lipinski definition) is 3. The van der Waals surface area contributed by atoms with Gasteiger partial charge in [-0.3, -0.25) is 9.59 Å². The first-order valence-electron chi connectivity index (χ1n) is 7.21. The van der Waals surface area contributed by atoms with Gasteiger partial charge in [0.15, 0.2) is 0 Å². The summed E-state index contributed by atoms with van der Waals surface area (Å²) in [7, 11) is 0. The molecule has 1 saturated heterocycles. The van der Waals surface area contributed by atoms with E-state index in [0.717, 1.165) is 25.1 Å². The first-order valence-corrected chi connectivity index (χ1v) is 7.21. The van der Waals surface area contributed by atoms with Gasteiger partial charge in [-0.15, -0.1) is 0 Å². The van der Waals surface area contributed by atoms with Gasteiger partial charge in [-0.1, -0.05) is 12.1 Å². The Kier molecular flexibility index (Phi) is 5.71. The van der Waals surface area contributed by atoms with E-state index in [9.17, 15) is 9.59 Å². The molecule has 0 spiro atoms. The van der Waals surface area contributed by atoms with Crippen LogP contribution >= 0.6 is 0 Å². The number of benzene rings is 1. The molecule has 0 bridgehead atoms. The van der Waals surface area contributed by atoms with Crippen LogP contribution in [0.15, 0.2) is 24.3 Å². The maximum Gasteiger partial charge on any atom is 0.313 e. The molecular formula is C15H21N3O3. The van der Waals surface area contributed by atoms with E-state index >= 15 is 0 Å². The number of anilines is 1. The molecule has 6 nitrogen and oxygen atoms in total. The van der Waals surface area contributed by atoms with Crippen LogP contribution in [0.3, 0.4) is 0 Å². The van der Waals surface area contributed by atoms with Crippen LogP contribution in [0.1, 0.15) is 12.0 Å². The third-order valence-corrected chi connectivity index (χ3v) is 3.43. The van der Waals surface area contributed by atoms with E-state index in [4.69, 9.17) is 5.11 Å². The van der Waals surface area contributed by atoms with Crippen molar-refractivity contribution in [2.24, 2.45) is 0 Å². The molecule has 21 heavy (non-hydrogen) atoms. The lowest BCUT2D eigenvalue weighted by molar-refractivity contribution is -0.143. The number of carbonyl (C=O) groups excluding carboxylic acids is 2. The first kappa shape index (κ1) is 15.5. The van der Waals surface area contributed by atoms with Crippen LogP contribution in [-0.2, 0) is 16.0 Å². The van der Waals surface area contributed by atoms with Crippen LogP contribution in [0.5, 0.6) is 0 Å². The molecule has 1 aliphatic heterocycles. The van der Waals surface area contributed by atoms with E-state index in [2.05, 4.69) is 10.6 Å². The highest BCUT2D eigenvalue weighted by atomic mass is 16.3. The Balaban J connectivity index is 1.91. The van der Waals surface area contributed by atoms with Gasteiger partial charge in [-0.05, 0) is 37.1 Å². The predicted molar refractivity (Wildman–Crippen MR) is 79.9 cm³/mol. The SMILES string of the molecule is O=C(Nc1ccc(CCO)cc1)C(=O)N1CCCNCC1. The van der Waals surface area contributed by atoms with Crippen LogP contribution in [0.4, 0.5) is 5.69 Å². The lowest BCUT2D eigenvalue weighted by atomic mass is 10.1. The third-order valence-electron chi connectivity index (χ3n) is 3.43. The summed E-state index contributed by atoms with van der Waals surface area (Å²) in [6.07, 6.45) is 1.43. The fourth-order valence-corrected chi connectivity index (χ4v) is 2.26. The number of nitrogens with one attached hydrogen (secondary N) is 2. The van der Waals surface area contributed by atoms with Gasteiger partial charge in [0.1, 0.15) is 0 Å². The Morgan fingerprint density at radius 2 is 1.95 bits per heavy atom. The van der Waals surface area contributed by atoms with Gasteiger partial charge in [0.05, 0.1) is 0 Å². The Morgan fingerprint density at radius 1 is 1.19 bits per heavy atom. The highest BCUT2D eigenvalue weighted by Crippen LogP contribution is 2.10. The lowest BCUT2D eigenvalue weighted by Crippen LogP contribution is -2.41. The molecule has 1 heterocycles. The number of hydrogen-bond acceptors (Lipinski definition) is 4. The van der Waals surface area contributed by atoms with Crippen LogP contribution in [0.2, 0.25) is 0 Å². The molecular weight excluding hydrogens is 270 g/mol. The second-order valence-corrected chi connectivity index (χ2v) is 5.02. The molecule has 1 fully saturated rings. The van der Waals surface area contributed by atoms with Crippen molar-refractivity contribution in [3.8, 4) is 0 Å². The molecule has 1 aromatic carbocycles. The zero-order valence-corrected chi connectivity index (χ0v) is 12.0. The summed E-state index contributed by atoms with van der Waals surface area (Å²) in [5.74, 6) is -1.09. The monoisotopic (exact) mass is 291 g/mol. The number of amides is 2. The van der Waals surface area contributed by atoms with Crippen molar-refractivity contribution in [1.29, 1.82) is 0 Å². The van der Waals surface area contributed by atoms with E-state index in [0.29, 0.717) is 25.2 Å². The molecule has 0 radical (unpaired) electrons. The maximum atomic E-state index is 12.1. The van der Waals surface area contributed by atoms with Crippen molar-refractivity contribution in [2.75, 3.05) is 38.1 Å². The number of rotatable bonds is 3. The Morgan fingerprint density at radius 3 is 2.67 bits per heavy atom. The molecule has 2 amide bonds. The molecule has 3 N–H and O–H groups in total. The predicted octanol–water partition coefficient (Wildman–Crippen LogP) is -0.0182. The third kappa shape index (κ3) is 4.54. The number of nitrogens with zero attached hydrogens (tertiary/aromatic N) is 1. The summed E-state index contributed by atoms with van der Waals surface area (Å²) < 4.78 is 0. The van der Waals surface area contributed by atoms with Crippen LogP contribution < -0.4 is 10.6 Å². The van der Waals surface area contributed by atoms with E-state index in [1.807, 2.05) is 12.1 Å². The zero-order chi connectivity index (χ0) is 15.1. The quantitative estimate of drug-likeness (QED) is 0.684. The molecule has 0 atom stereocenters. The summed E-state index contributed by atoms with van der Waals surface area (Å²) in [5.41, 5.74) is 1.57. The largest absolute Gasteiger partial charge is 0.396 e. The van der Waals surface area contributed by atoms with Crippen LogP contribution in [-0.4, -0.2) is 54.6 Å². The van der Waals surface area contributed by atoms with Crippen molar-refractivity contribution in [1.82, 2.24) is 10.2 Å². The van der Waals surface area contributed by atoms with Gasteiger partial charge in [0.25, 0.3) is 0 Å². The smallest absolute Gasteiger partial charge is 0.313 e. The maximum absolute atomic E-state index is 12.1. The highest BCUT2D eigenvalue weighted by Gasteiger charge is 2.22. The average molecular weight is 291 g/mol. The minimum absolute atomic E-state index is 0.0905.